The fraction of sp³-hybridized carbons (Fsp3) is 0.417. The summed E-state index contributed by atoms with van der Waals surface area (Å²) in [7, 11) is 0. The second kappa shape index (κ2) is 8.52. The van der Waals surface area contributed by atoms with Gasteiger partial charge in [-0.25, -0.2) is 0 Å². The zero-order valence-electron chi connectivity index (χ0n) is 18.0. The van der Waals surface area contributed by atoms with Crippen LogP contribution in [0.4, 0.5) is 5.69 Å². The fourth-order valence-electron chi connectivity index (χ4n) is 4.97. The van der Waals surface area contributed by atoms with Gasteiger partial charge in [0.2, 0.25) is 11.8 Å². The minimum atomic E-state index is -0.167. The first kappa shape index (κ1) is 22.0. The van der Waals surface area contributed by atoms with Crippen LogP contribution < -0.4 is 5.32 Å². The number of allylic oxidation sites excluding steroid dienone is 1. The molecule has 0 spiro atoms. The zero-order valence-corrected chi connectivity index (χ0v) is 18.8. The number of likely N-dealkylation sites (tertiary alicyclic amines) is 1. The molecule has 4 heterocycles. The summed E-state index contributed by atoms with van der Waals surface area (Å²) < 4.78 is 5.40. The Bertz CT molecular complexity index is 1100. The van der Waals surface area contributed by atoms with Crippen molar-refractivity contribution in [2.75, 3.05) is 38.2 Å². The molecule has 1 aliphatic carbocycles. The average Bonchev–Trinajstić information content (AvgIpc) is 3.31. The lowest BCUT2D eigenvalue weighted by Crippen LogP contribution is -2.39. The van der Waals surface area contributed by atoms with Crippen molar-refractivity contribution in [3.05, 3.63) is 47.2 Å². The summed E-state index contributed by atoms with van der Waals surface area (Å²) >= 11 is 0. The fourth-order valence-corrected chi connectivity index (χ4v) is 4.97. The standard InChI is InChI=1S/C24H24N4O4.ClH/c29-22-18(9-16-7-15(11-25-16)12-27-3-5-32-6-4-27)17-8-14(1-2-21(17)26-22)13-28-23(30)19-10-20(19)24(28)31;/h1-2,7-9,11,15,19-20H,3-6,10,12-13H2,(H,26,29);1H/t15?,19-,20+;. The predicted molar refractivity (Wildman–Crippen MR) is 125 cm³/mol. The van der Waals surface area contributed by atoms with Gasteiger partial charge in [0, 0.05) is 43.0 Å². The lowest BCUT2D eigenvalue weighted by atomic mass is 10.0. The van der Waals surface area contributed by atoms with Crippen molar-refractivity contribution in [1.82, 2.24) is 9.80 Å². The van der Waals surface area contributed by atoms with Crippen molar-refractivity contribution in [3.63, 3.8) is 0 Å². The third-order valence-corrected chi connectivity index (χ3v) is 6.83. The van der Waals surface area contributed by atoms with Crippen LogP contribution in [0, 0.1) is 17.8 Å². The van der Waals surface area contributed by atoms with Crippen molar-refractivity contribution in [2.45, 2.75) is 13.0 Å². The lowest BCUT2D eigenvalue weighted by molar-refractivity contribution is -0.142. The number of hydrogen-bond donors (Lipinski definition) is 1. The van der Waals surface area contributed by atoms with Gasteiger partial charge in [-0.1, -0.05) is 6.07 Å². The van der Waals surface area contributed by atoms with Gasteiger partial charge in [0.15, 0.2) is 0 Å². The Balaban J connectivity index is 0.00000228. The summed E-state index contributed by atoms with van der Waals surface area (Å²) in [6, 6.07) is 5.59. The third kappa shape index (κ3) is 4.03. The maximum Gasteiger partial charge on any atom is 0.256 e. The molecule has 6 rings (SSSR count). The number of nitrogens with one attached hydrogen (secondary N) is 1. The SMILES string of the molecule is Cl.O=C1Nc2ccc(CN3C(=O)[C@H]4C[C@H]4C3=O)cc2C1=CC1=CC(CN2CCOCC2)C=N1. The largest absolute Gasteiger partial charge is 0.379 e. The van der Waals surface area contributed by atoms with Crippen LogP contribution in [0.25, 0.3) is 5.57 Å². The number of anilines is 1. The summed E-state index contributed by atoms with van der Waals surface area (Å²) in [6.45, 7) is 4.53. The maximum absolute atomic E-state index is 12.6. The molecule has 9 heteroatoms. The van der Waals surface area contributed by atoms with E-state index in [0.717, 1.165) is 55.4 Å². The van der Waals surface area contributed by atoms with E-state index >= 15 is 0 Å². The van der Waals surface area contributed by atoms with Crippen LogP contribution in [0.15, 0.2) is 41.0 Å². The van der Waals surface area contributed by atoms with E-state index < -0.39 is 0 Å². The van der Waals surface area contributed by atoms with Crippen molar-refractivity contribution in [2.24, 2.45) is 22.7 Å². The van der Waals surface area contributed by atoms with Crippen molar-refractivity contribution < 1.29 is 19.1 Å². The number of carbonyl (C=O) groups is 3. The van der Waals surface area contributed by atoms with Crippen LogP contribution in [0.2, 0.25) is 0 Å². The highest BCUT2D eigenvalue weighted by atomic mass is 35.5. The van der Waals surface area contributed by atoms with E-state index in [1.807, 2.05) is 30.5 Å². The number of amides is 3. The number of benzene rings is 1. The molecule has 33 heavy (non-hydrogen) atoms. The molecule has 0 radical (unpaired) electrons. The molecular weight excluding hydrogens is 444 g/mol. The van der Waals surface area contributed by atoms with Crippen LogP contribution in [-0.2, 0) is 25.7 Å². The Morgan fingerprint density at radius 2 is 1.88 bits per heavy atom. The van der Waals surface area contributed by atoms with Gasteiger partial charge < -0.3 is 10.1 Å². The van der Waals surface area contributed by atoms with Crippen molar-refractivity contribution in [3.8, 4) is 0 Å². The number of piperidine rings is 1. The van der Waals surface area contributed by atoms with Crippen LogP contribution in [0.5, 0.6) is 0 Å². The monoisotopic (exact) mass is 468 g/mol. The van der Waals surface area contributed by atoms with E-state index in [2.05, 4.69) is 21.3 Å². The van der Waals surface area contributed by atoms with Gasteiger partial charge in [-0.3, -0.25) is 29.2 Å². The molecule has 0 bridgehead atoms. The van der Waals surface area contributed by atoms with Gasteiger partial charge in [0.05, 0.1) is 42.9 Å². The number of morpholine rings is 1. The van der Waals surface area contributed by atoms with Gasteiger partial charge in [-0.15, -0.1) is 12.4 Å². The first-order chi connectivity index (χ1) is 15.6. The number of imide groups is 1. The zero-order chi connectivity index (χ0) is 21.8. The Morgan fingerprint density at radius 1 is 1.12 bits per heavy atom. The minimum Gasteiger partial charge on any atom is -0.379 e. The van der Waals surface area contributed by atoms with E-state index in [4.69, 9.17) is 4.74 Å². The molecule has 0 aromatic heterocycles. The first-order valence-electron chi connectivity index (χ1n) is 11.1. The quantitative estimate of drug-likeness (QED) is 0.526. The first-order valence-corrected chi connectivity index (χ1v) is 11.1. The molecule has 1 N–H and O–H groups in total. The van der Waals surface area contributed by atoms with Gasteiger partial charge in [0.25, 0.3) is 5.91 Å². The molecule has 3 amide bonds. The highest BCUT2D eigenvalue weighted by molar-refractivity contribution is 6.32. The van der Waals surface area contributed by atoms with E-state index in [-0.39, 0.29) is 54.4 Å². The number of fused-ring (bicyclic) bond motifs is 2. The number of hydrogen-bond acceptors (Lipinski definition) is 6. The second-order valence-electron chi connectivity index (χ2n) is 9.05. The topological polar surface area (TPSA) is 91.3 Å². The van der Waals surface area contributed by atoms with Gasteiger partial charge >= 0.3 is 0 Å². The van der Waals surface area contributed by atoms with E-state index in [1.54, 1.807) is 0 Å². The number of nitrogens with zero attached hydrogens (tertiary/aromatic N) is 3. The lowest BCUT2D eigenvalue weighted by Gasteiger charge is -2.27. The summed E-state index contributed by atoms with van der Waals surface area (Å²) in [5, 5.41) is 2.89. The number of halogens is 1. The minimum absolute atomic E-state index is 0. The Morgan fingerprint density at radius 3 is 2.64 bits per heavy atom. The average molecular weight is 469 g/mol. The Hall–Kier alpha value is -2.81. The molecule has 1 unspecified atom stereocenters. The molecule has 2 saturated heterocycles. The summed E-state index contributed by atoms with van der Waals surface area (Å²) in [5.41, 5.74) is 3.68. The second-order valence-corrected chi connectivity index (χ2v) is 9.05. The maximum atomic E-state index is 12.6. The normalized spacial score (nSPS) is 29.2. The number of carbonyl (C=O) groups excluding carboxylic acids is 3. The molecule has 4 aliphatic heterocycles. The molecule has 1 aromatic rings. The molecule has 8 nitrogen and oxygen atoms in total. The number of rotatable bonds is 5. The molecule has 172 valence electrons. The molecule has 1 saturated carbocycles. The van der Waals surface area contributed by atoms with Crippen LogP contribution >= 0.6 is 12.4 Å². The Labute approximate surface area is 197 Å². The Kier molecular flexibility index (Phi) is 5.68. The summed E-state index contributed by atoms with van der Waals surface area (Å²) in [4.78, 5) is 45.5. The number of ether oxygens (including phenoxy) is 1. The number of aliphatic imine (C=N–C) groups is 1. The van der Waals surface area contributed by atoms with Crippen molar-refractivity contribution in [1.29, 1.82) is 0 Å². The molecule has 5 aliphatic rings. The van der Waals surface area contributed by atoms with Crippen molar-refractivity contribution >= 4 is 47.6 Å². The third-order valence-electron chi connectivity index (χ3n) is 6.83. The summed E-state index contributed by atoms with van der Waals surface area (Å²) in [6.07, 6.45) is 6.54. The molecular formula is C24H25ClN4O4. The molecule has 3 fully saturated rings. The highest BCUT2D eigenvalue weighted by Gasteiger charge is 2.58. The molecule has 1 aromatic carbocycles. The van der Waals surface area contributed by atoms with Crippen LogP contribution in [0.1, 0.15) is 17.5 Å². The smallest absolute Gasteiger partial charge is 0.256 e. The van der Waals surface area contributed by atoms with E-state index in [1.165, 1.54) is 4.90 Å². The predicted octanol–water partition coefficient (Wildman–Crippen LogP) is 1.87. The highest BCUT2D eigenvalue weighted by Crippen LogP contribution is 2.47. The van der Waals surface area contributed by atoms with Crippen LogP contribution in [-0.4, -0.2) is 66.6 Å². The van der Waals surface area contributed by atoms with Gasteiger partial charge in [-0.05, 0) is 36.3 Å². The van der Waals surface area contributed by atoms with Crippen LogP contribution in [0.3, 0.4) is 0 Å². The molecule has 3 atom stereocenters. The van der Waals surface area contributed by atoms with E-state index in [9.17, 15) is 14.4 Å². The van der Waals surface area contributed by atoms with Gasteiger partial charge in [-0.2, -0.15) is 0 Å². The van der Waals surface area contributed by atoms with E-state index in [0.29, 0.717) is 12.0 Å². The summed E-state index contributed by atoms with van der Waals surface area (Å²) in [5.74, 6) is -0.292. The van der Waals surface area contributed by atoms with Gasteiger partial charge in [0.1, 0.15) is 0 Å².